The Morgan fingerprint density at radius 2 is 1.64 bits per heavy atom. The molecule has 1 aliphatic rings. The number of hydrogen-bond donors (Lipinski definition) is 1. The minimum Gasteiger partial charge on any atom is -0.488 e. The minimum atomic E-state index is -0.870. The van der Waals surface area contributed by atoms with Gasteiger partial charge in [-0.25, -0.2) is 9.69 Å². The highest BCUT2D eigenvalue weighted by atomic mass is 35.5. The van der Waals surface area contributed by atoms with Crippen LogP contribution < -0.4 is 15.0 Å². The lowest BCUT2D eigenvalue weighted by molar-refractivity contribution is -0.122. The van der Waals surface area contributed by atoms with Crippen molar-refractivity contribution in [3.8, 4) is 5.75 Å². The van der Waals surface area contributed by atoms with Crippen LogP contribution in [0.3, 0.4) is 0 Å². The molecule has 0 aliphatic carbocycles. The van der Waals surface area contributed by atoms with Crippen molar-refractivity contribution in [3.63, 3.8) is 0 Å². The number of benzene rings is 3. The van der Waals surface area contributed by atoms with Crippen LogP contribution >= 0.6 is 34.8 Å². The second kappa shape index (κ2) is 9.67. The Morgan fingerprint density at radius 1 is 0.879 bits per heavy atom. The van der Waals surface area contributed by atoms with Crippen LogP contribution in [0.5, 0.6) is 5.75 Å². The highest BCUT2D eigenvalue weighted by molar-refractivity contribution is 6.39. The summed E-state index contributed by atoms with van der Waals surface area (Å²) in [4.78, 5) is 38.9. The third-order valence-corrected chi connectivity index (χ3v) is 5.62. The van der Waals surface area contributed by atoms with Crippen LogP contribution in [0.2, 0.25) is 15.1 Å². The van der Waals surface area contributed by atoms with Crippen molar-refractivity contribution in [2.75, 3.05) is 4.90 Å². The molecule has 166 valence electrons. The zero-order valence-electron chi connectivity index (χ0n) is 16.8. The molecule has 0 aromatic heterocycles. The number of rotatable bonds is 5. The summed E-state index contributed by atoms with van der Waals surface area (Å²) in [5.41, 5.74) is 1.11. The maximum atomic E-state index is 13.1. The third-order valence-electron chi connectivity index (χ3n) is 4.78. The lowest BCUT2D eigenvalue weighted by Crippen LogP contribution is -2.54. The number of nitrogens with zero attached hydrogens (tertiary/aromatic N) is 1. The molecule has 0 bridgehead atoms. The van der Waals surface area contributed by atoms with E-state index >= 15 is 0 Å². The van der Waals surface area contributed by atoms with Crippen molar-refractivity contribution in [1.29, 1.82) is 0 Å². The van der Waals surface area contributed by atoms with Gasteiger partial charge < -0.3 is 4.74 Å². The van der Waals surface area contributed by atoms with Crippen LogP contribution in [0.1, 0.15) is 11.1 Å². The van der Waals surface area contributed by atoms with Crippen molar-refractivity contribution in [2.24, 2.45) is 0 Å². The number of imide groups is 2. The average molecular weight is 502 g/mol. The number of anilines is 1. The van der Waals surface area contributed by atoms with Crippen LogP contribution in [0.4, 0.5) is 10.5 Å². The quantitative estimate of drug-likeness (QED) is 0.349. The Hall–Kier alpha value is -3.32. The number of hydrogen-bond acceptors (Lipinski definition) is 4. The van der Waals surface area contributed by atoms with E-state index in [9.17, 15) is 14.4 Å². The number of amides is 4. The lowest BCUT2D eigenvalue weighted by atomic mass is 10.1. The van der Waals surface area contributed by atoms with E-state index < -0.39 is 17.8 Å². The van der Waals surface area contributed by atoms with E-state index in [1.54, 1.807) is 36.4 Å². The van der Waals surface area contributed by atoms with E-state index in [-0.39, 0.29) is 17.9 Å². The highest BCUT2D eigenvalue weighted by Gasteiger charge is 2.37. The zero-order valence-corrected chi connectivity index (χ0v) is 19.1. The number of nitrogens with one attached hydrogen (secondary N) is 1. The Labute approximate surface area is 204 Å². The maximum Gasteiger partial charge on any atom is 0.335 e. The second-order valence-electron chi connectivity index (χ2n) is 7.00. The van der Waals surface area contributed by atoms with Gasteiger partial charge in [0.15, 0.2) is 0 Å². The van der Waals surface area contributed by atoms with Crippen LogP contribution in [-0.4, -0.2) is 17.8 Å². The Kier molecular flexibility index (Phi) is 6.70. The minimum absolute atomic E-state index is 0.157. The molecule has 4 rings (SSSR count). The number of carbonyl (C=O) groups excluding carboxylic acids is 3. The van der Waals surface area contributed by atoms with Gasteiger partial charge in [-0.05, 0) is 48.5 Å². The molecule has 4 amide bonds. The van der Waals surface area contributed by atoms with Crippen molar-refractivity contribution in [3.05, 3.63) is 98.5 Å². The summed E-state index contributed by atoms with van der Waals surface area (Å²) in [7, 11) is 0. The number of ether oxygens (including phenoxy) is 1. The van der Waals surface area contributed by atoms with Crippen molar-refractivity contribution < 1.29 is 19.1 Å². The topological polar surface area (TPSA) is 75.7 Å². The van der Waals surface area contributed by atoms with E-state index in [0.717, 1.165) is 10.5 Å². The highest BCUT2D eigenvalue weighted by Crippen LogP contribution is 2.29. The number of halogens is 3. The Balaban J connectivity index is 1.69. The number of carbonyl (C=O) groups is 3. The van der Waals surface area contributed by atoms with Crippen LogP contribution in [0.15, 0.2) is 72.3 Å². The van der Waals surface area contributed by atoms with Gasteiger partial charge in [0.2, 0.25) is 0 Å². The summed E-state index contributed by atoms with van der Waals surface area (Å²) >= 11 is 18.3. The van der Waals surface area contributed by atoms with E-state index in [0.29, 0.717) is 26.4 Å². The summed E-state index contributed by atoms with van der Waals surface area (Å²) in [6.45, 7) is 0.157. The molecule has 3 aromatic carbocycles. The molecule has 1 fully saturated rings. The summed E-state index contributed by atoms with van der Waals surface area (Å²) in [6, 6.07) is 17.3. The molecule has 33 heavy (non-hydrogen) atoms. The predicted octanol–water partition coefficient (Wildman–Crippen LogP) is 5.89. The van der Waals surface area contributed by atoms with Crippen molar-refractivity contribution >= 4 is 64.4 Å². The van der Waals surface area contributed by atoms with Crippen molar-refractivity contribution in [1.82, 2.24) is 5.32 Å². The van der Waals surface area contributed by atoms with Crippen LogP contribution in [-0.2, 0) is 16.2 Å². The number of barbiturate groups is 1. The van der Waals surface area contributed by atoms with Gasteiger partial charge in [0.05, 0.1) is 5.69 Å². The molecule has 1 saturated heterocycles. The smallest absolute Gasteiger partial charge is 0.335 e. The van der Waals surface area contributed by atoms with Crippen molar-refractivity contribution in [2.45, 2.75) is 6.61 Å². The van der Waals surface area contributed by atoms with Gasteiger partial charge in [0, 0.05) is 26.2 Å². The fourth-order valence-corrected chi connectivity index (χ4v) is 3.75. The average Bonchev–Trinajstić information content (AvgIpc) is 2.77. The van der Waals surface area contributed by atoms with Crippen LogP contribution in [0, 0.1) is 0 Å². The molecular formula is C24H15Cl3N2O4. The van der Waals surface area contributed by atoms with E-state index in [4.69, 9.17) is 39.5 Å². The molecule has 3 aromatic rings. The van der Waals surface area contributed by atoms with Gasteiger partial charge in [-0.3, -0.25) is 14.9 Å². The summed E-state index contributed by atoms with van der Waals surface area (Å²) in [6.07, 6.45) is 1.33. The summed E-state index contributed by atoms with van der Waals surface area (Å²) in [5, 5.41) is 3.42. The van der Waals surface area contributed by atoms with Gasteiger partial charge in [-0.2, -0.15) is 0 Å². The van der Waals surface area contributed by atoms with Gasteiger partial charge in [0.1, 0.15) is 17.9 Å². The molecule has 0 saturated carbocycles. The SMILES string of the molecule is O=C1NC(=O)N(c2cccc(Cl)c2)C(=O)/C1=C/c1cc(Cl)ccc1OCc1ccccc1Cl. The van der Waals surface area contributed by atoms with Gasteiger partial charge >= 0.3 is 6.03 Å². The van der Waals surface area contributed by atoms with E-state index in [1.165, 1.54) is 18.2 Å². The second-order valence-corrected chi connectivity index (χ2v) is 8.28. The van der Waals surface area contributed by atoms with Gasteiger partial charge in [-0.1, -0.05) is 59.1 Å². The van der Waals surface area contributed by atoms with E-state index in [2.05, 4.69) is 5.32 Å². The zero-order chi connectivity index (χ0) is 23.5. The van der Waals surface area contributed by atoms with Gasteiger partial charge in [-0.15, -0.1) is 0 Å². The fourth-order valence-electron chi connectivity index (χ4n) is 3.20. The molecule has 1 aliphatic heterocycles. The van der Waals surface area contributed by atoms with Gasteiger partial charge in [0.25, 0.3) is 11.8 Å². The van der Waals surface area contributed by atoms with Crippen LogP contribution in [0.25, 0.3) is 6.08 Å². The summed E-state index contributed by atoms with van der Waals surface area (Å²) < 4.78 is 5.89. The standard InChI is InChI=1S/C24H15Cl3N2O4/c25-16-5-3-6-18(12-16)29-23(31)19(22(30)28-24(29)32)11-15-10-17(26)8-9-21(15)33-13-14-4-1-2-7-20(14)27/h1-12H,13H2,(H,28,30,32)/b19-11+. The first-order chi connectivity index (χ1) is 15.8. The first-order valence-electron chi connectivity index (χ1n) is 9.66. The predicted molar refractivity (Wildman–Crippen MR) is 128 cm³/mol. The molecule has 1 heterocycles. The third kappa shape index (κ3) is 5.03. The summed E-state index contributed by atoms with van der Waals surface area (Å²) in [5.74, 6) is -1.26. The molecule has 0 radical (unpaired) electrons. The molecule has 9 heteroatoms. The largest absolute Gasteiger partial charge is 0.488 e. The monoisotopic (exact) mass is 500 g/mol. The molecule has 0 spiro atoms. The normalized spacial score (nSPS) is 15.1. The lowest BCUT2D eigenvalue weighted by Gasteiger charge is -2.26. The molecule has 1 N–H and O–H groups in total. The number of urea groups is 1. The fraction of sp³-hybridized carbons (Fsp3) is 0.0417. The first-order valence-corrected chi connectivity index (χ1v) is 10.8. The Bertz CT molecular complexity index is 1310. The molecule has 0 unspecified atom stereocenters. The molecule has 0 atom stereocenters. The van der Waals surface area contributed by atoms with E-state index in [1.807, 2.05) is 18.2 Å². The maximum absolute atomic E-state index is 13.1. The molecular weight excluding hydrogens is 487 g/mol. The first kappa shape index (κ1) is 22.9. The molecule has 6 nitrogen and oxygen atoms in total. The Morgan fingerprint density at radius 3 is 2.39 bits per heavy atom.